The van der Waals surface area contributed by atoms with Gasteiger partial charge >= 0.3 is 0 Å². The van der Waals surface area contributed by atoms with Crippen molar-refractivity contribution < 1.29 is 13.9 Å². The van der Waals surface area contributed by atoms with E-state index in [4.69, 9.17) is 9.15 Å². The van der Waals surface area contributed by atoms with Gasteiger partial charge in [-0.3, -0.25) is 9.69 Å². The van der Waals surface area contributed by atoms with Crippen LogP contribution in [0.15, 0.2) is 40.8 Å². The van der Waals surface area contributed by atoms with Gasteiger partial charge in [0, 0.05) is 64.1 Å². The lowest BCUT2D eigenvalue weighted by atomic mass is 10.2. The molecular formula is C23H32N4O3. The summed E-state index contributed by atoms with van der Waals surface area (Å²) in [6.45, 7) is 11.2. The molecule has 2 saturated heterocycles. The van der Waals surface area contributed by atoms with Crippen molar-refractivity contribution in [2.45, 2.75) is 13.5 Å². The van der Waals surface area contributed by atoms with Crippen molar-refractivity contribution in [3.63, 3.8) is 0 Å². The van der Waals surface area contributed by atoms with E-state index in [-0.39, 0.29) is 5.91 Å². The number of carbonyl (C=O) groups excluding carboxylic acids is 1. The molecule has 7 nitrogen and oxygen atoms in total. The van der Waals surface area contributed by atoms with Gasteiger partial charge in [-0.1, -0.05) is 13.0 Å². The zero-order valence-corrected chi connectivity index (χ0v) is 18.0. The number of piperazine rings is 2. The summed E-state index contributed by atoms with van der Waals surface area (Å²) in [5.41, 5.74) is 1.20. The number of benzene rings is 1. The van der Waals surface area contributed by atoms with Gasteiger partial charge in [-0.15, -0.1) is 0 Å². The van der Waals surface area contributed by atoms with Crippen LogP contribution in [0.5, 0.6) is 5.75 Å². The van der Waals surface area contributed by atoms with Crippen LogP contribution in [0.3, 0.4) is 0 Å². The molecule has 30 heavy (non-hydrogen) atoms. The molecule has 162 valence electrons. The van der Waals surface area contributed by atoms with E-state index in [1.165, 1.54) is 5.69 Å². The van der Waals surface area contributed by atoms with Crippen molar-refractivity contribution in [1.29, 1.82) is 0 Å². The molecule has 7 heteroatoms. The molecule has 0 bridgehead atoms. The van der Waals surface area contributed by atoms with Crippen molar-refractivity contribution >= 4 is 11.6 Å². The Bertz CT molecular complexity index is 836. The Labute approximate surface area is 178 Å². The number of furan rings is 1. The second-order valence-corrected chi connectivity index (χ2v) is 7.96. The molecule has 0 N–H and O–H groups in total. The Morgan fingerprint density at radius 2 is 1.70 bits per heavy atom. The Morgan fingerprint density at radius 1 is 0.967 bits per heavy atom. The van der Waals surface area contributed by atoms with E-state index in [9.17, 15) is 4.79 Å². The van der Waals surface area contributed by atoms with Crippen molar-refractivity contribution in [3.05, 3.63) is 47.9 Å². The minimum atomic E-state index is 0.0137. The zero-order chi connectivity index (χ0) is 20.9. The van der Waals surface area contributed by atoms with Crippen LogP contribution < -0.4 is 9.64 Å². The molecule has 0 spiro atoms. The fourth-order valence-corrected chi connectivity index (χ4v) is 4.19. The molecule has 2 aliphatic rings. The lowest BCUT2D eigenvalue weighted by Gasteiger charge is -2.35. The fourth-order valence-electron chi connectivity index (χ4n) is 4.19. The SMILES string of the molecule is CCN1CCN(C(=O)c2ccc(CN3CCN(c4cccc(OC)c4)CC3)o2)CC1. The quantitative estimate of drug-likeness (QED) is 0.726. The summed E-state index contributed by atoms with van der Waals surface area (Å²) in [5, 5.41) is 0. The average Bonchev–Trinajstić information content (AvgIpc) is 3.27. The predicted octanol–water partition coefficient (Wildman–Crippen LogP) is 2.39. The van der Waals surface area contributed by atoms with Gasteiger partial charge in [0.05, 0.1) is 13.7 Å². The summed E-state index contributed by atoms with van der Waals surface area (Å²) in [5.74, 6) is 2.23. The molecule has 0 atom stereocenters. The Morgan fingerprint density at radius 3 is 2.40 bits per heavy atom. The fraction of sp³-hybridized carbons (Fsp3) is 0.522. The highest BCUT2D eigenvalue weighted by Crippen LogP contribution is 2.23. The van der Waals surface area contributed by atoms with Crippen LogP contribution in [0.25, 0.3) is 0 Å². The number of nitrogens with zero attached hydrogens (tertiary/aromatic N) is 4. The number of amides is 1. The molecule has 1 amide bonds. The summed E-state index contributed by atoms with van der Waals surface area (Å²) in [6.07, 6.45) is 0. The third-order valence-corrected chi connectivity index (χ3v) is 6.15. The lowest BCUT2D eigenvalue weighted by Crippen LogP contribution is -2.48. The van der Waals surface area contributed by atoms with Gasteiger partial charge in [0.1, 0.15) is 11.5 Å². The lowest BCUT2D eigenvalue weighted by molar-refractivity contribution is 0.0608. The largest absolute Gasteiger partial charge is 0.497 e. The number of anilines is 1. The highest BCUT2D eigenvalue weighted by Gasteiger charge is 2.24. The van der Waals surface area contributed by atoms with Crippen LogP contribution in [0, 0.1) is 0 Å². The molecule has 2 aliphatic heterocycles. The molecule has 0 unspecified atom stereocenters. The monoisotopic (exact) mass is 412 g/mol. The number of carbonyl (C=O) groups is 1. The summed E-state index contributed by atoms with van der Waals surface area (Å²) < 4.78 is 11.3. The minimum Gasteiger partial charge on any atom is -0.497 e. The number of likely N-dealkylation sites (N-methyl/N-ethyl adjacent to an activating group) is 1. The van der Waals surface area contributed by atoms with Crippen LogP contribution in [0.1, 0.15) is 23.2 Å². The maximum absolute atomic E-state index is 12.7. The molecule has 1 aromatic heterocycles. The Hall–Kier alpha value is -2.51. The standard InChI is InChI=1S/C23H32N4O3/c1-3-24-9-15-27(16-10-24)23(28)22-8-7-21(30-22)18-25-11-13-26(14-12-25)19-5-4-6-20(17-19)29-2/h4-8,17H,3,9-16,18H2,1-2H3. The van der Waals surface area contributed by atoms with E-state index in [0.29, 0.717) is 5.76 Å². The number of hydrogen-bond donors (Lipinski definition) is 0. The summed E-state index contributed by atoms with van der Waals surface area (Å²) in [6, 6.07) is 12.0. The van der Waals surface area contributed by atoms with Gasteiger partial charge in [0.2, 0.25) is 0 Å². The summed E-state index contributed by atoms with van der Waals surface area (Å²) >= 11 is 0. The summed E-state index contributed by atoms with van der Waals surface area (Å²) in [7, 11) is 1.70. The van der Waals surface area contributed by atoms with Crippen molar-refractivity contribution in [1.82, 2.24) is 14.7 Å². The number of rotatable bonds is 6. The first-order valence-corrected chi connectivity index (χ1v) is 10.9. The molecule has 0 aliphatic carbocycles. The van der Waals surface area contributed by atoms with E-state index < -0.39 is 0 Å². The summed E-state index contributed by atoms with van der Waals surface area (Å²) in [4.78, 5) is 21.8. The van der Waals surface area contributed by atoms with Gasteiger partial charge in [-0.25, -0.2) is 0 Å². The Kier molecular flexibility index (Phi) is 6.59. The van der Waals surface area contributed by atoms with E-state index in [0.717, 1.165) is 77.0 Å². The van der Waals surface area contributed by atoms with Crippen LogP contribution in [0.4, 0.5) is 5.69 Å². The van der Waals surface area contributed by atoms with Crippen molar-refractivity contribution in [2.24, 2.45) is 0 Å². The topological polar surface area (TPSA) is 52.4 Å². The molecule has 0 radical (unpaired) electrons. The Balaban J connectivity index is 1.28. The van der Waals surface area contributed by atoms with Crippen molar-refractivity contribution in [3.8, 4) is 5.75 Å². The smallest absolute Gasteiger partial charge is 0.289 e. The number of methoxy groups -OCH3 is 1. The van der Waals surface area contributed by atoms with Crippen LogP contribution in [0.2, 0.25) is 0 Å². The number of hydrogen-bond acceptors (Lipinski definition) is 6. The molecule has 3 heterocycles. The zero-order valence-electron chi connectivity index (χ0n) is 18.0. The van der Waals surface area contributed by atoms with Crippen LogP contribution >= 0.6 is 0 Å². The van der Waals surface area contributed by atoms with E-state index in [1.54, 1.807) is 7.11 Å². The maximum Gasteiger partial charge on any atom is 0.289 e. The minimum absolute atomic E-state index is 0.0137. The normalized spacial score (nSPS) is 18.6. The number of ether oxygens (including phenoxy) is 1. The van der Waals surface area contributed by atoms with Gasteiger partial charge < -0.3 is 23.9 Å². The van der Waals surface area contributed by atoms with E-state index in [1.807, 2.05) is 29.2 Å². The van der Waals surface area contributed by atoms with Gasteiger partial charge in [0.15, 0.2) is 5.76 Å². The average molecular weight is 413 g/mol. The predicted molar refractivity (Wildman–Crippen MR) is 117 cm³/mol. The van der Waals surface area contributed by atoms with Crippen LogP contribution in [-0.4, -0.2) is 86.6 Å². The third kappa shape index (κ3) is 4.79. The molecule has 2 aromatic rings. The molecule has 0 saturated carbocycles. The van der Waals surface area contributed by atoms with E-state index >= 15 is 0 Å². The van der Waals surface area contributed by atoms with Crippen molar-refractivity contribution in [2.75, 3.05) is 70.9 Å². The highest BCUT2D eigenvalue weighted by molar-refractivity contribution is 5.91. The maximum atomic E-state index is 12.7. The second-order valence-electron chi connectivity index (χ2n) is 7.96. The highest BCUT2D eigenvalue weighted by atomic mass is 16.5. The molecular weight excluding hydrogens is 380 g/mol. The first kappa shape index (κ1) is 20.8. The first-order valence-electron chi connectivity index (χ1n) is 10.9. The van der Waals surface area contributed by atoms with Crippen LogP contribution in [-0.2, 0) is 6.54 Å². The van der Waals surface area contributed by atoms with E-state index in [2.05, 4.69) is 33.8 Å². The second kappa shape index (κ2) is 9.53. The molecule has 4 rings (SSSR count). The first-order chi connectivity index (χ1) is 14.7. The third-order valence-electron chi connectivity index (χ3n) is 6.15. The molecule has 2 fully saturated rings. The van der Waals surface area contributed by atoms with Gasteiger partial charge in [0.25, 0.3) is 5.91 Å². The van der Waals surface area contributed by atoms with Gasteiger partial charge in [-0.05, 0) is 30.8 Å². The van der Waals surface area contributed by atoms with Gasteiger partial charge in [-0.2, -0.15) is 0 Å². The molecule has 1 aromatic carbocycles.